The Kier molecular flexibility index (Phi) is 5.43. The number of morpholine rings is 1. The quantitative estimate of drug-likeness (QED) is 0.916. The van der Waals surface area contributed by atoms with Crippen LogP contribution >= 0.6 is 11.3 Å². The molecule has 1 fully saturated rings. The van der Waals surface area contributed by atoms with Crippen LogP contribution in [0.5, 0.6) is 0 Å². The molecule has 2 heterocycles. The molecule has 122 valence electrons. The molecule has 0 aliphatic carbocycles. The van der Waals surface area contributed by atoms with E-state index in [2.05, 4.69) is 29.3 Å². The highest BCUT2D eigenvalue weighted by molar-refractivity contribution is 7.10. The number of thiophene rings is 1. The Morgan fingerprint density at radius 2 is 2.00 bits per heavy atom. The molecule has 0 spiro atoms. The number of hydrogen-bond donors (Lipinski definition) is 1. The highest BCUT2D eigenvalue weighted by atomic mass is 32.1. The van der Waals surface area contributed by atoms with E-state index in [1.54, 1.807) is 11.3 Å². The molecule has 2 aromatic rings. The number of rotatable bonds is 5. The zero-order chi connectivity index (χ0) is 16.1. The van der Waals surface area contributed by atoms with E-state index >= 15 is 0 Å². The molecule has 0 unspecified atom stereocenters. The van der Waals surface area contributed by atoms with E-state index in [4.69, 9.17) is 4.74 Å². The highest BCUT2D eigenvalue weighted by Gasteiger charge is 2.17. The number of hydrogen-bond acceptors (Lipinski definition) is 4. The van der Waals surface area contributed by atoms with Crippen molar-refractivity contribution in [1.82, 2.24) is 10.2 Å². The molecule has 1 saturated heterocycles. The van der Waals surface area contributed by atoms with Crippen molar-refractivity contribution >= 4 is 17.2 Å². The van der Waals surface area contributed by atoms with Gasteiger partial charge in [0.05, 0.1) is 18.8 Å². The van der Waals surface area contributed by atoms with Crippen LogP contribution in [0, 0.1) is 6.92 Å². The van der Waals surface area contributed by atoms with Crippen molar-refractivity contribution in [2.24, 2.45) is 0 Å². The summed E-state index contributed by atoms with van der Waals surface area (Å²) >= 11 is 1.63. The minimum Gasteiger partial charge on any atom is -0.379 e. The predicted molar refractivity (Wildman–Crippen MR) is 94.1 cm³/mol. The lowest BCUT2D eigenvalue weighted by Gasteiger charge is -2.26. The van der Waals surface area contributed by atoms with E-state index in [0.717, 1.165) is 49.5 Å². The summed E-state index contributed by atoms with van der Waals surface area (Å²) in [6, 6.07) is 10.1. The molecule has 0 atom stereocenters. The molecule has 5 heteroatoms. The van der Waals surface area contributed by atoms with Gasteiger partial charge in [0.1, 0.15) is 0 Å². The van der Waals surface area contributed by atoms with Crippen LogP contribution in [0.25, 0.3) is 11.1 Å². The van der Waals surface area contributed by atoms with Crippen molar-refractivity contribution in [3.63, 3.8) is 0 Å². The van der Waals surface area contributed by atoms with Crippen molar-refractivity contribution in [1.29, 1.82) is 0 Å². The van der Waals surface area contributed by atoms with Gasteiger partial charge >= 0.3 is 0 Å². The predicted octanol–water partition coefficient (Wildman–Crippen LogP) is 2.79. The first-order valence-corrected chi connectivity index (χ1v) is 8.85. The number of amides is 1. The smallest absolute Gasteiger partial charge is 0.252 e. The number of nitrogens with zero attached hydrogens (tertiary/aromatic N) is 1. The topological polar surface area (TPSA) is 41.6 Å². The van der Waals surface area contributed by atoms with Crippen LogP contribution in [0.4, 0.5) is 0 Å². The zero-order valence-corrected chi connectivity index (χ0v) is 14.2. The van der Waals surface area contributed by atoms with E-state index in [1.165, 1.54) is 4.88 Å². The first-order valence-electron chi connectivity index (χ1n) is 7.97. The zero-order valence-electron chi connectivity index (χ0n) is 13.4. The summed E-state index contributed by atoms with van der Waals surface area (Å²) in [6.07, 6.45) is 0. The molecule has 4 nitrogen and oxygen atoms in total. The largest absolute Gasteiger partial charge is 0.379 e. The Hall–Kier alpha value is -1.69. The fourth-order valence-electron chi connectivity index (χ4n) is 2.83. The molecule has 1 aliphatic rings. The lowest BCUT2D eigenvalue weighted by atomic mass is 10.0. The first-order chi connectivity index (χ1) is 11.3. The molecule has 1 aliphatic heterocycles. The molecular weight excluding hydrogens is 308 g/mol. The normalized spacial score (nSPS) is 15.5. The maximum Gasteiger partial charge on any atom is 0.252 e. The summed E-state index contributed by atoms with van der Waals surface area (Å²) < 4.78 is 5.34. The van der Waals surface area contributed by atoms with Crippen LogP contribution in [0.1, 0.15) is 15.2 Å². The summed E-state index contributed by atoms with van der Waals surface area (Å²) in [6.45, 7) is 7.08. The van der Waals surface area contributed by atoms with Crippen molar-refractivity contribution in [3.8, 4) is 11.1 Å². The average molecular weight is 330 g/mol. The summed E-state index contributed by atoms with van der Waals surface area (Å²) in [4.78, 5) is 16.0. The van der Waals surface area contributed by atoms with Gasteiger partial charge in [0.15, 0.2) is 0 Å². The van der Waals surface area contributed by atoms with Crippen LogP contribution < -0.4 is 5.32 Å². The van der Waals surface area contributed by atoms with Gasteiger partial charge in [0.2, 0.25) is 0 Å². The SMILES string of the molecule is Cc1scc(C(=O)NCCN2CCOCC2)c1-c1ccccc1. The fourth-order valence-corrected chi connectivity index (χ4v) is 3.70. The van der Waals surface area contributed by atoms with Gasteiger partial charge in [-0.15, -0.1) is 11.3 Å². The van der Waals surface area contributed by atoms with Crippen molar-refractivity contribution in [2.45, 2.75) is 6.92 Å². The maximum absolute atomic E-state index is 12.5. The Morgan fingerprint density at radius 1 is 1.26 bits per heavy atom. The van der Waals surface area contributed by atoms with Gasteiger partial charge in [-0.3, -0.25) is 9.69 Å². The number of carbonyl (C=O) groups is 1. The minimum atomic E-state index is 0.0152. The standard InChI is InChI=1S/C18H22N2O2S/c1-14-17(15-5-3-2-4-6-15)16(13-23-14)18(21)19-7-8-20-9-11-22-12-10-20/h2-6,13H,7-12H2,1H3,(H,19,21). The molecule has 3 rings (SSSR count). The van der Waals surface area contributed by atoms with E-state index in [-0.39, 0.29) is 5.91 Å². The van der Waals surface area contributed by atoms with Crippen LogP contribution in [-0.4, -0.2) is 50.2 Å². The summed E-state index contributed by atoms with van der Waals surface area (Å²) in [5, 5.41) is 5.02. The number of ether oxygens (including phenoxy) is 1. The number of nitrogens with one attached hydrogen (secondary N) is 1. The lowest BCUT2D eigenvalue weighted by molar-refractivity contribution is 0.0383. The fraction of sp³-hybridized carbons (Fsp3) is 0.389. The number of carbonyl (C=O) groups excluding carboxylic acids is 1. The average Bonchev–Trinajstić information content (AvgIpc) is 2.98. The Morgan fingerprint density at radius 3 is 2.74 bits per heavy atom. The first kappa shape index (κ1) is 16.2. The maximum atomic E-state index is 12.5. The number of benzene rings is 1. The molecule has 0 radical (unpaired) electrons. The van der Waals surface area contributed by atoms with Gasteiger partial charge in [-0.2, -0.15) is 0 Å². The second-order valence-corrected chi connectivity index (χ2v) is 6.74. The second kappa shape index (κ2) is 7.73. The van der Waals surface area contributed by atoms with E-state index < -0.39 is 0 Å². The minimum absolute atomic E-state index is 0.0152. The van der Waals surface area contributed by atoms with Gasteiger partial charge in [-0.25, -0.2) is 0 Å². The Bertz CT molecular complexity index is 648. The van der Waals surface area contributed by atoms with E-state index in [9.17, 15) is 4.79 Å². The molecule has 1 N–H and O–H groups in total. The van der Waals surface area contributed by atoms with Gasteiger partial charge in [0, 0.05) is 42.0 Å². The van der Waals surface area contributed by atoms with Gasteiger partial charge in [-0.1, -0.05) is 30.3 Å². The molecule has 23 heavy (non-hydrogen) atoms. The third kappa shape index (κ3) is 3.99. The molecule has 1 aromatic heterocycles. The highest BCUT2D eigenvalue weighted by Crippen LogP contribution is 2.32. The monoisotopic (exact) mass is 330 g/mol. The van der Waals surface area contributed by atoms with Crippen molar-refractivity contribution < 1.29 is 9.53 Å². The van der Waals surface area contributed by atoms with E-state index in [0.29, 0.717) is 6.54 Å². The Balaban J connectivity index is 1.64. The van der Waals surface area contributed by atoms with Crippen molar-refractivity contribution in [2.75, 3.05) is 39.4 Å². The number of aryl methyl sites for hydroxylation is 1. The van der Waals surface area contributed by atoms with Gasteiger partial charge in [0.25, 0.3) is 5.91 Å². The summed E-state index contributed by atoms with van der Waals surface area (Å²) in [5.74, 6) is 0.0152. The Labute approximate surface area is 141 Å². The molecule has 1 amide bonds. The summed E-state index contributed by atoms with van der Waals surface area (Å²) in [7, 11) is 0. The molecule has 1 aromatic carbocycles. The van der Waals surface area contributed by atoms with Crippen LogP contribution in [0.15, 0.2) is 35.7 Å². The molecular formula is C18H22N2O2S. The third-order valence-corrected chi connectivity index (χ3v) is 5.01. The molecule has 0 bridgehead atoms. The second-order valence-electron chi connectivity index (χ2n) is 5.66. The summed E-state index contributed by atoms with van der Waals surface area (Å²) in [5.41, 5.74) is 2.93. The third-order valence-electron chi connectivity index (χ3n) is 4.10. The molecule has 0 saturated carbocycles. The van der Waals surface area contributed by atoms with Gasteiger partial charge < -0.3 is 10.1 Å². The van der Waals surface area contributed by atoms with Crippen LogP contribution in [-0.2, 0) is 4.74 Å². The van der Waals surface area contributed by atoms with Gasteiger partial charge in [-0.05, 0) is 12.5 Å². The van der Waals surface area contributed by atoms with Crippen molar-refractivity contribution in [3.05, 3.63) is 46.2 Å². The van der Waals surface area contributed by atoms with Crippen LogP contribution in [0.2, 0.25) is 0 Å². The van der Waals surface area contributed by atoms with Crippen LogP contribution in [0.3, 0.4) is 0 Å². The lowest BCUT2D eigenvalue weighted by Crippen LogP contribution is -2.41. The van der Waals surface area contributed by atoms with E-state index in [1.807, 2.05) is 23.6 Å².